The Labute approximate surface area is 92.7 Å². The minimum atomic E-state index is -0.736. The molecule has 0 saturated carbocycles. The zero-order valence-corrected chi connectivity index (χ0v) is 8.80. The molecule has 0 spiro atoms. The van der Waals surface area contributed by atoms with Gasteiger partial charge in [-0.15, -0.1) is 0 Å². The third-order valence-corrected chi connectivity index (χ3v) is 1.67. The molecular formula is C10H13N3O3. The van der Waals surface area contributed by atoms with Crippen LogP contribution in [0.4, 0.5) is 4.79 Å². The lowest BCUT2D eigenvalue weighted by molar-refractivity contribution is 0.249. The monoisotopic (exact) mass is 223 g/mol. The summed E-state index contributed by atoms with van der Waals surface area (Å²) in [6.45, 7) is 2.27. The SMILES string of the molecule is CCOc1cc(/C=N/NC(N)=O)ccc1O. The fourth-order valence-electron chi connectivity index (χ4n) is 1.05. The van der Waals surface area contributed by atoms with E-state index >= 15 is 0 Å². The molecule has 0 aliphatic carbocycles. The zero-order chi connectivity index (χ0) is 12.0. The summed E-state index contributed by atoms with van der Waals surface area (Å²) >= 11 is 0. The number of phenols is 1. The van der Waals surface area contributed by atoms with Crippen LogP contribution in [0.3, 0.4) is 0 Å². The summed E-state index contributed by atoms with van der Waals surface area (Å²) in [6.07, 6.45) is 1.40. The highest BCUT2D eigenvalue weighted by Crippen LogP contribution is 2.25. The molecule has 1 aromatic rings. The maximum atomic E-state index is 10.3. The van der Waals surface area contributed by atoms with Gasteiger partial charge in [-0.3, -0.25) is 0 Å². The van der Waals surface area contributed by atoms with Gasteiger partial charge in [-0.2, -0.15) is 5.10 Å². The fraction of sp³-hybridized carbons (Fsp3) is 0.200. The van der Waals surface area contributed by atoms with Crippen molar-refractivity contribution in [3.05, 3.63) is 23.8 Å². The first-order valence-corrected chi connectivity index (χ1v) is 4.67. The molecule has 86 valence electrons. The molecule has 0 fully saturated rings. The number of nitrogens with zero attached hydrogens (tertiary/aromatic N) is 1. The first-order chi connectivity index (χ1) is 7.63. The summed E-state index contributed by atoms with van der Waals surface area (Å²) in [5.41, 5.74) is 7.57. The van der Waals surface area contributed by atoms with E-state index in [9.17, 15) is 9.90 Å². The van der Waals surface area contributed by atoms with Crippen molar-refractivity contribution in [1.82, 2.24) is 5.43 Å². The molecule has 0 heterocycles. The number of hydrazone groups is 1. The maximum Gasteiger partial charge on any atom is 0.332 e. The van der Waals surface area contributed by atoms with Crippen molar-refractivity contribution in [2.24, 2.45) is 10.8 Å². The number of primary amides is 1. The molecular weight excluding hydrogens is 210 g/mol. The predicted molar refractivity (Wildman–Crippen MR) is 59.6 cm³/mol. The minimum absolute atomic E-state index is 0.0573. The lowest BCUT2D eigenvalue weighted by atomic mass is 10.2. The average molecular weight is 223 g/mol. The van der Waals surface area contributed by atoms with Crippen molar-refractivity contribution >= 4 is 12.2 Å². The Morgan fingerprint density at radius 2 is 2.44 bits per heavy atom. The molecule has 0 unspecified atom stereocenters. The quantitative estimate of drug-likeness (QED) is 0.520. The average Bonchev–Trinajstić information content (AvgIpc) is 2.22. The van der Waals surface area contributed by atoms with Gasteiger partial charge in [0.25, 0.3) is 0 Å². The summed E-state index contributed by atoms with van der Waals surface area (Å²) in [7, 11) is 0. The first kappa shape index (κ1) is 11.8. The number of ether oxygens (including phenoxy) is 1. The van der Waals surface area contributed by atoms with E-state index in [1.165, 1.54) is 12.3 Å². The minimum Gasteiger partial charge on any atom is -0.504 e. The molecule has 0 aliphatic rings. The van der Waals surface area contributed by atoms with Crippen molar-refractivity contribution in [3.8, 4) is 11.5 Å². The van der Waals surface area contributed by atoms with Crippen molar-refractivity contribution in [1.29, 1.82) is 0 Å². The van der Waals surface area contributed by atoms with Crippen LogP contribution >= 0.6 is 0 Å². The van der Waals surface area contributed by atoms with Gasteiger partial charge >= 0.3 is 6.03 Å². The molecule has 16 heavy (non-hydrogen) atoms. The third-order valence-electron chi connectivity index (χ3n) is 1.67. The van der Waals surface area contributed by atoms with Crippen LogP contribution in [-0.4, -0.2) is 24.0 Å². The largest absolute Gasteiger partial charge is 0.504 e. The van der Waals surface area contributed by atoms with Crippen molar-refractivity contribution < 1.29 is 14.6 Å². The molecule has 0 aromatic heterocycles. The summed E-state index contributed by atoms with van der Waals surface area (Å²) < 4.78 is 5.18. The topological polar surface area (TPSA) is 96.9 Å². The second-order valence-corrected chi connectivity index (χ2v) is 2.89. The molecule has 1 rings (SSSR count). The van der Waals surface area contributed by atoms with Crippen molar-refractivity contribution in [2.45, 2.75) is 6.92 Å². The number of aromatic hydroxyl groups is 1. The second kappa shape index (κ2) is 5.59. The number of carbonyl (C=O) groups is 1. The highest BCUT2D eigenvalue weighted by Gasteiger charge is 2.01. The predicted octanol–water partition coefficient (Wildman–Crippen LogP) is 0.793. The van der Waals surface area contributed by atoms with Crippen LogP contribution in [-0.2, 0) is 0 Å². The number of nitrogens with one attached hydrogen (secondary N) is 1. The van der Waals surface area contributed by atoms with Crippen LogP contribution in [0, 0.1) is 0 Å². The Hall–Kier alpha value is -2.24. The van der Waals surface area contributed by atoms with E-state index in [0.29, 0.717) is 17.9 Å². The number of carbonyl (C=O) groups excluding carboxylic acids is 1. The number of phenolic OH excluding ortho intramolecular Hbond substituents is 1. The molecule has 6 nitrogen and oxygen atoms in total. The van der Waals surface area contributed by atoms with Gasteiger partial charge in [0, 0.05) is 0 Å². The summed E-state index contributed by atoms with van der Waals surface area (Å²) in [5, 5.41) is 13.0. The van der Waals surface area contributed by atoms with E-state index in [4.69, 9.17) is 10.5 Å². The molecule has 0 radical (unpaired) electrons. The lowest BCUT2D eigenvalue weighted by Crippen LogP contribution is -2.24. The van der Waals surface area contributed by atoms with Crippen LogP contribution in [0.25, 0.3) is 0 Å². The summed E-state index contributed by atoms with van der Waals surface area (Å²) in [4.78, 5) is 10.3. The Balaban J connectivity index is 2.77. The van der Waals surface area contributed by atoms with E-state index in [1.807, 2.05) is 6.92 Å². The smallest absolute Gasteiger partial charge is 0.332 e. The third kappa shape index (κ3) is 3.49. The van der Waals surface area contributed by atoms with E-state index in [0.717, 1.165) is 0 Å². The molecule has 4 N–H and O–H groups in total. The van der Waals surface area contributed by atoms with Crippen molar-refractivity contribution in [2.75, 3.05) is 6.61 Å². The van der Waals surface area contributed by atoms with E-state index in [1.54, 1.807) is 12.1 Å². The van der Waals surface area contributed by atoms with Gasteiger partial charge in [-0.1, -0.05) is 0 Å². The molecule has 0 bridgehead atoms. The summed E-state index contributed by atoms with van der Waals surface area (Å²) in [6, 6.07) is 3.98. The molecule has 0 saturated heterocycles. The van der Waals surface area contributed by atoms with Gasteiger partial charge in [-0.05, 0) is 30.7 Å². The van der Waals surface area contributed by atoms with Crippen LogP contribution in [0.2, 0.25) is 0 Å². The Morgan fingerprint density at radius 1 is 1.69 bits per heavy atom. The van der Waals surface area contributed by atoms with Gasteiger partial charge in [0.2, 0.25) is 0 Å². The number of hydrogen-bond acceptors (Lipinski definition) is 4. The lowest BCUT2D eigenvalue weighted by Gasteiger charge is -2.05. The van der Waals surface area contributed by atoms with Gasteiger partial charge in [0.1, 0.15) is 0 Å². The Morgan fingerprint density at radius 3 is 3.06 bits per heavy atom. The van der Waals surface area contributed by atoms with Crippen molar-refractivity contribution in [3.63, 3.8) is 0 Å². The zero-order valence-electron chi connectivity index (χ0n) is 8.80. The number of urea groups is 1. The number of rotatable bonds is 4. The maximum absolute atomic E-state index is 10.3. The number of amides is 2. The second-order valence-electron chi connectivity index (χ2n) is 2.89. The molecule has 1 aromatic carbocycles. The van der Waals surface area contributed by atoms with Crippen LogP contribution < -0.4 is 15.9 Å². The van der Waals surface area contributed by atoms with E-state index < -0.39 is 6.03 Å². The van der Waals surface area contributed by atoms with Crippen LogP contribution in [0.1, 0.15) is 12.5 Å². The number of hydrogen-bond donors (Lipinski definition) is 3. The molecule has 0 aliphatic heterocycles. The first-order valence-electron chi connectivity index (χ1n) is 4.67. The molecule has 2 amide bonds. The normalized spacial score (nSPS) is 10.3. The number of nitrogens with two attached hydrogens (primary N) is 1. The van der Waals surface area contributed by atoms with Gasteiger partial charge < -0.3 is 15.6 Å². The van der Waals surface area contributed by atoms with Gasteiger partial charge in [0.05, 0.1) is 12.8 Å². The standard InChI is InChI=1S/C10H13N3O3/c1-2-16-9-5-7(3-4-8(9)14)6-12-13-10(11)15/h3-6,14H,2H2,1H3,(H3,11,13,15)/b12-6+. The van der Waals surface area contributed by atoms with Crippen LogP contribution in [0.15, 0.2) is 23.3 Å². The highest BCUT2D eigenvalue weighted by atomic mass is 16.5. The van der Waals surface area contributed by atoms with E-state index in [-0.39, 0.29) is 5.75 Å². The molecule has 6 heteroatoms. The Bertz CT molecular complexity index is 404. The summed E-state index contributed by atoms with van der Waals surface area (Å²) in [5.74, 6) is 0.424. The Kier molecular flexibility index (Phi) is 4.14. The molecule has 0 atom stereocenters. The number of benzene rings is 1. The fourth-order valence-corrected chi connectivity index (χ4v) is 1.05. The highest BCUT2D eigenvalue weighted by molar-refractivity contribution is 5.82. The van der Waals surface area contributed by atoms with Gasteiger partial charge in [0.15, 0.2) is 11.5 Å². The van der Waals surface area contributed by atoms with E-state index in [2.05, 4.69) is 10.5 Å². The van der Waals surface area contributed by atoms with Crippen LogP contribution in [0.5, 0.6) is 11.5 Å². The van der Waals surface area contributed by atoms with Gasteiger partial charge in [-0.25, -0.2) is 10.2 Å².